The second-order valence-corrected chi connectivity index (χ2v) is 9.21. The number of amides is 3. The van der Waals surface area contributed by atoms with Gasteiger partial charge < -0.3 is 14.8 Å². The number of carbonyl (C=O) groups excluding carboxylic acids is 2. The molecule has 3 amide bonds. The SMILES string of the molecule is COc1ccc(CCN(C)CN2C(=O)N[C@]3(CCCN(Cc4ccccc4)C3)C2=O)cc1OC. The minimum atomic E-state index is -0.825. The minimum absolute atomic E-state index is 0.117. The van der Waals surface area contributed by atoms with E-state index in [9.17, 15) is 9.59 Å². The fraction of sp³-hybridized carbons (Fsp3) is 0.462. The Kier molecular flexibility index (Phi) is 7.38. The van der Waals surface area contributed by atoms with Crippen molar-refractivity contribution in [1.29, 1.82) is 0 Å². The zero-order chi connectivity index (χ0) is 24.1. The standard InChI is InChI=1S/C26H34N4O4/c1-28(15-12-20-10-11-22(33-2)23(16-20)34-3)19-30-24(31)26(27-25(30)32)13-7-14-29(18-26)17-21-8-5-4-6-9-21/h4-6,8-11,16H,7,12-15,17-19H2,1-3H3,(H,27,32)/t26-/m0/s1. The number of nitrogens with one attached hydrogen (secondary N) is 1. The van der Waals surface area contributed by atoms with Crippen LogP contribution in [-0.2, 0) is 17.8 Å². The van der Waals surface area contributed by atoms with Gasteiger partial charge in [-0.05, 0) is 56.1 Å². The first-order chi connectivity index (χ1) is 16.4. The molecule has 2 aromatic rings. The van der Waals surface area contributed by atoms with Gasteiger partial charge in [-0.3, -0.25) is 14.6 Å². The third kappa shape index (κ3) is 5.18. The fourth-order valence-corrected chi connectivity index (χ4v) is 4.87. The van der Waals surface area contributed by atoms with Crippen molar-refractivity contribution >= 4 is 11.9 Å². The van der Waals surface area contributed by atoms with Gasteiger partial charge in [0.25, 0.3) is 5.91 Å². The van der Waals surface area contributed by atoms with Gasteiger partial charge in [-0.2, -0.15) is 0 Å². The molecule has 0 bridgehead atoms. The third-order valence-corrected chi connectivity index (χ3v) is 6.68. The van der Waals surface area contributed by atoms with E-state index in [1.54, 1.807) is 14.2 Å². The Hall–Kier alpha value is -3.10. The molecule has 0 aliphatic carbocycles. The van der Waals surface area contributed by atoms with E-state index in [0.29, 0.717) is 31.0 Å². The van der Waals surface area contributed by atoms with E-state index >= 15 is 0 Å². The topological polar surface area (TPSA) is 74.4 Å². The maximum absolute atomic E-state index is 13.4. The maximum atomic E-state index is 13.4. The summed E-state index contributed by atoms with van der Waals surface area (Å²) in [5, 5.41) is 3.03. The highest BCUT2D eigenvalue weighted by Crippen LogP contribution is 2.30. The molecule has 8 nitrogen and oxygen atoms in total. The lowest BCUT2D eigenvalue weighted by atomic mass is 9.88. The molecule has 182 valence electrons. The van der Waals surface area contributed by atoms with Crippen molar-refractivity contribution in [3.05, 3.63) is 59.7 Å². The summed E-state index contributed by atoms with van der Waals surface area (Å²) >= 11 is 0. The van der Waals surface area contributed by atoms with Crippen LogP contribution in [0.3, 0.4) is 0 Å². The summed E-state index contributed by atoms with van der Waals surface area (Å²) in [5.41, 5.74) is 1.49. The summed E-state index contributed by atoms with van der Waals surface area (Å²) in [4.78, 5) is 31.8. The summed E-state index contributed by atoms with van der Waals surface area (Å²) in [6.45, 7) is 3.19. The number of hydrogen-bond acceptors (Lipinski definition) is 6. The summed E-state index contributed by atoms with van der Waals surface area (Å²) in [6, 6.07) is 15.8. The minimum Gasteiger partial charge on any atom is -0.493 e. The van der Waals surface area contributed by atoms with Gasteiger partial charge in [0.1, 0.15) is 5.54 Å². The number of ether oxygens (including phenoxy) is 2. The number of carbonyl (C=O) groups is 2. The van der Waals surface area contributed by atoms with Crippen molar-refractivity contribution in [2.24, 2.45) is 0 Å². The van der Waals surface area contributed by atoms with Crippen LogP contribution in [0.25, 0.3) is 0 Å². The smallest absolute Gasteiger partial charge is 0.326 e. The first kappa shape index (κ1) is 24.0. The van der Waals surface area contributed by atoms with Crippen LogP contribution >= 0.6 is 0 Å². The lowest BCUT2D eigenvalue weighted by Crippen LogP contribution is -2.58. The Labute approximate surface area is 201 Å². The molecule has 1 atom stereocenters. The molecule has 0 radical (unpaired) electrons. The van der Waals surface area contributed by atoms with Crippen molar-refractivity contribution in [1.82, 2.24) is 20.0 Å². The lowest BCUT2D eigenvalue weighted by Gasteiger charge is -2.38. The van der Waals surface area contributed by atoms with Gasteiger partial charge in [0, 0.05) is 19.6 Å². The van der Waals surface area contributed by atoms with Crippen LogP contribution in [-0.4, -0.2) is 79.7 Å². The maximum Gasteiger partial charge on any atom is 0.326 e. The molecule has 2 heterocycles. The van der Waals surface area contributed by atoms with E-state index in [1.807, 2.05) is 48.3 Å². The Balaban J connectivity index is 1.35. The average Bonchev–Trinajstić information content (AvgIpc) is 3.06. The van der Waals surface area contributed by atoms with Crippen LogP contribution in [0.2, 0.25) is 0 Å². The number of piperidine rings is 1. The van der Waals surface area contributed by atoms with Crippen molar-refractivity contribution in [3.63, 3.8) is 0 Å². The number of benzene rings is 2. The molecule has 2 aliphatic rings. The van der Waals surface area contributed by atoms with Gasteiger partial charge in [-0.25, -0.2) is 9.69 Å². The highest BCUT2D eigenvalue weighted by Gasteiger charge is 2.53. The number of methoxy groups -OCH3 is 2. The highest BCUT2D eigenvalue weighted by molar-refractivity contribution is 6.07. The zero-order valence-corrected chi connectivity index (χ0v) is 20.3. The quantitative estimate of drug-likeness (QED) is 0.573. The first-order valence-electron chi connectivity index (χ1n) is 11.7. The number of rotatable bonds is 9. The summed E-state index contributed by atoms with van der Waals surface area (Å²) < 4.78 is 10.7. The molecule has 2 aromatic carbocycles. The van der Waals surface area contributed by atoms with E-state index in [0.717, 1.165) is 31.5 Å². The van der Waals surface area contributed by atoms with Gasteiger partial charge >= 0.3 is 6.03 Å². The largest absolute Gasteiger partial charge is 0.493 e. The van der Waals surface area contributed by atoms with Crippen LogP contribution in [0.1, 0.15) is 24.0 Å². The molecule has 4 rings (SSSR count). The molecule has 2 fully saturated rings. The fourth-order valence-electron chi connectivity index (χ4n) is 4.87. The van der Waals surface area contributed by atoms with Gasteiger partial charge in [0.2, 0.25) is 0 Å². The van der Waals surface area contributed by atoms with Crippen LogP contribution in [0.15, 0.2) is 48.5 Å². The lowest BCUT2D eigenvalue weighted by molar-refractivity contribution is -0.134. The molecule has 0 saturated carbocycles. The monoisotopic (exact) mass is 466 g/mol. The molecule has 1 N–H and O–H groups in total. The highest BCUT2D eigenvalue weighted by atomic mass is 16.5. The molecular formula is C26H34N4O4. The molecule has 0 unspecified atom stereocenters. The van der Waals surface area contributed by atoms with Crippen molar-refractivity contribution in [2.75, 3.05) is 47.6 Å². The average molecular weight is 467 g/mol. The van der Waals surface area contributed by atoms with Crippen LogP contribution < -0.4 is 14.8 Å². The molecule has 34 heavy (non-hydrogen) atoms. The number of nitrogens with zero attached hydrogens (tertiary/aromatic N) is 3. The normalized spacial score (nSPS) is 20.8. The number of hydrogen-bond donors (Lipinski definition) is 1. The Bertz CT molecular complexity index is 1020. The van der Waals surface area contributed by atoms with Gasteiger partial charge in [-0.15, -0.1) is 0 Å². The summed E-state index contributed by atoms with van der Waals surface area (Å²) in [6.07, 6.45) is 2.31. The van der Waals surface area contributed by atoms with Crippen molar-refractivity contribution in [2.45, 2.75) is 31.3 Å². The zero-order valence-electron chi connectivity index (χ0n) is 20.3. The predicted octanol–water partition coefficient (Wildman–Crippen LogP) is 2.72. The van der Waals surface area contributed by atoms with Gasteiger partial charge in [-0.1, -0.05) is 36.4 Å². The van der Waals surface area contributed by atoms with Gasteiger partial charge in [0.15, 0.2) is 11.5 Å². The van der Waals surface area contributed by atoms with Crippen LogP contribution in [0.4, 0.5) is 4.79 Å². The molecule has 1 spiro atoms. The third-order valence-electron chi connectivity index (χ3n) is 6.68. The second-order valence-electron chi connectivity index (χ2n) is 9.21. The Morgan fingerprint density at radius 2 is 1.79 bits per heavy atom. The summed E-state index contributed by atoms with van der Waals surface area (Å²) in [5.74, 6) is 1.27. The summed E-state index contributed by atoms with van der Waals surface area (Å²) in [7, 11) is 5.16. The van der Waals surface area contributed by atoms with Crippen LogP contribution in [0.5, 0.6) is 11.5 Å². The molecular weight excluding hydrogens is 432 g/mol. The van der Waals surface area contributed by atoms with E-state index < -0.39 is 5.54 Å². The van der Waals surface area contributed by atoms with Crippen molar-refractivity contribution < 1.29 is 19.1 Å². The number of imide groups is 1. The Morgan fingerprint density at radius 1 is 1.03 bits per heavy atom. The van der Waals surface area contributed by atoms with Crippen LogP contribution in [0, 0.1) is 0 Å². The number of urea groups is 1. The molecule has 2 saturated heterocycles. The van der Waals surface area contributed by atoms with Crippen molar-refractivity contribution in [3.8, 4) is 11.5 Å². The van der Waals surface area contributed by atoms with E-state index in [2.05, 4.69) is 22.3 Å². The molecule has 2 aliphatic heterocycles. The van der Waals surface area contributed by atoms with Gasteiger partial charge in [0.05, 0.1) is 20.9 Å². The number of likely N-dealkylation sites (tertiary alicyclic amines) is 1. The van der Waals surface area contributed by atoms with E-state index in [4.69, 9.17) is 9.47 Å². The first-order valence-corrected chi connectivity index (χ1v) is 11.7. The van der Waals surface area contributed by atoms with E-state index in [-0.39, 0.29) is 18.6 Å². The van der Waals surface area contributed by atoms with E-state index in [1.165, 1.54) is 10.5 Å². The predicted molar refractivity (Wildman–Crippen MR) is 130 cm³/mol. The molecule has 8 heteroatoms. The number of likely N-dealkylation sites (N-methyl/N-ethyl adjacent to an activating group) is 1. The molecule has 0 aromatic heterocycles. The Morgan fingerprint density at radius 3 is 2.53 bits per heavy atom. The second kappa shape index (κ2) is 10.4.